The highest BCUT2D eigenvalue weighted by molar-refractivity contribution is 5.85. The molecular formula is C90H128ClN5O5. The van der Waals surface area contributed by atoms with Gasteiger partial charge in [-0.05, 0) is 335 Å². The van der Waals surface area contributed by atoms with Crippen LogP contribution >= 0.6 is 12.4 Å². The van der Waals surface area contributed by atoms with Crippen molar-refractivity contribution in [2.24, 2.45) is 29.6 Å². The smallest absolute Gasteiger partial charge is 0.119 e. The number of rotatable bonds is 4. The Kier molecular flexibility index (Phi) is 18.7. The van der Waals surface area contributed by atoms with Crippen molar-refractivity contribution < 1.29 is 36.4 Å². The normalized spacial score (nSPS) is 37.1. The van der Waals surface area contributed by atoms with Gasteiger partial charge in [0.25, 0.3) is 0 Å². The van der Waals surface area contributed by atoms with E-state index in [0.717, 1.165) is 68.6 Å². The number of hydrogen-bond acceptors (Lipinski definition) is 10. The van der Waals surface area contributed by atoms with Crippen LogP contribution in [-0.2, 0) is 59.2 Å². The molecule has 11 heteroatoms. The van der Waals surface area contributed by atoms with E-state index in [-0.39, 0.29) is 28.7 Å². The molecule has 0 spiro atoms. The summed E-state index contributed by atoms with van der Waals surface area (Å²) in [4.78, 5) is 10.3. The fourth-order valence-corrected chi connectivity index (χ4v) is 25.9. The lowest BCUT2D eigenvalue weighted by atomic mass is 9.52. The Balaban J connectivity index is 0.000000114. The van der Waals surface area contributed by atoms with Gasteiger partial charge in [0.15, 0.2) is 0 Å². The second-order valence-electron chi connectivity index (χ2n) is 34.2. The van der Waals surface area contributed by atoms with E-state index in [2.05, 4.69) is 102 Å². The Labute approximate surface area is 628 Å². The van der Waals surface area contributed by atoms with Gasteiger partial charge < -0.3 is 49.0 Å². The average Bonchev–Trinajstić information content (AvgIpc) is 0.746. The molecule has 20 rings (SSSR count). The molecule has 15 atom stereocenters. The van der Waals surface area contributed by atoms with E-state index >= 15 is 0 Å². The van der Waals surface area contributed by atoms with E-state index in [1.54, 1.807) is 18.2 Å². The van der Waals surface area contributed by atoms with Crippen molar-refractivity contribution in [1.82, 2.24) is 24.9 Å². The minimum absolute atomic E-state index is 0. The third kappa shape index (κ3) is 12.7. The molecule has 15 aliphatic rings. The number of likely N-dealkylation sites (N-methyl/N-ethyl adjacent to an activating group) is 4. The number of methoxy groups -OCH3 is 4. The summed E-state index contributed by atoms with van der Waals surface area (Å²) in [5.41, 5.74) is 16.1. The second-order valence-corrected chi connectivity index (χ2v) is 34.2. The van der Waals surface area contributed by atoms with E-state index in [4.69, 9.17) is 31.3 Å². The van der Waals surface area contributed by atoms with Crippen molar-refractivity contribution in [3.63, 3.8) is 0 Å². The fourth-order valence-electron chi connectivity index (χ4n) is 25.9. The van der Waals surface area contributed by atoms with Gasteiger partial charge >= 0.3 is 0 Å². The highest BCUT2D eigenvalue weighted by Crippen LogP contribution is 2.61. The SMILES string of the molecule is CC.CN1CC[C@@]23CCCC[C@@H]2[C@@H]1Cc1ccc(O)cc13.COc1ccc2c(c1)[C@]13CCCC[C@@H]1[C@H](C2)N(C)CC3.Cl.[2H]C([2H])([2H])Oc1ccc2c(c1)[C@]13CCCC[C@@H]1[C@H](C2)N(C)CC3.[2H]C([2H])([2H])Oc1ccc2c(c1)[C@]13CCCC[C@@H]1[C@H](C2)N(C)CC3.[2H]C([2H])([2H])Oc1ccc2c(c1)[C@]13CCCC[C@@H]1[C@H](C2)NCC3. The number of halogens is 1. The van der Waals surface area contributed by atoms with Gasteiger partial charge in [0.1, 0.15) is 28.7 Å². The summed E-state index contributed by atoms with van der Waals surface area (Å²) in [7, 11) is 3.83. The number of phenols is 1. The molecule has 0 radical (unpaired) electrons. The van der Waals surface area contributed by atoms with E-state index in [9.17, 15) is 5.11 Å². The lowest BCUT2D eigenvalue weighted by Crippen LogP contribution is -2.59. The molecule has 5 saturated carbocycles. The molecule has 10 nitrogen and oxygen atoms in total. The number of ether oxygens (including phenoxy) is 4. The first-order chi connectivity index (χ1) is 52.2. The highest BCUT2D eigenvalue weighted by Gasteiger charge is 2.58. The molecule has 0 aromatic heterocycles. The molecule has 10 fully saturated rings. The van der Waals surface area contributed by atoms with Crippen molar-refractivity contribution in [3.05, 3.63) is 147 Å². The van der Waals surface area contributed by atoms with E-state index in [1.165, 1.54) is 231 Å². The van der Waals surface area contributed by atoms with Gasteiger partial charge in [-0.1, -0.05) is 108 Å². The third-order valence-corrected chi connectivity index (χ3v) is 30.6. The molecule has 5 aromatic carbocycles. The third-order valence-electron chi connectivity index (χ3n) is 30.6. The lowest BCUT2D eigenvalue weighted by molar-refractivity contribution is 0.00272. The van der Waals surface area contributed by atoms with Crippen LogP contribution in [-0.4, -0.2) is 144 Å². The Hall–Kier alpha value is -4.81. The zero-order valence-electron chi connectivity index (χ0n) is 71.5. The largest absolute Gasteiger partial charge is 0.508 e. The summed E-state index contributed by atoms with van der Waals surface area (Å²) < 4.78 is 87.2. The van der Waals surface area contributed by atoms with Gasteiger partial charge in [-0.25, -0.2) is 0 Å². The van der Waals surface area contributed by atoms with Crippen molar-refractivity contribution in [2.45, 2.75) is 264 Å². The number of aromatic hydroxyl groups is 1. The zero-order valence-corrected chi connectivity index (χ0v) is 63.3. The van der Waals surface area contributed by atoms with Crippen LogP contribution in [0.25, 0.3) is 0 Å². The van der Waals surface area contributed by atoms with Crippen LogP contribution in [0.15, 0.2) is 91.0 Å². The number of likely N-dealkylation sites (tertiary alicyclic amines) is 4. The minimum Gasteiger partial charge on any atom is -0.508 e. The molecule has 5 aliphatic heterocycles. The summed E-state index contributed by atoms with van der Waals surface area (Å²) in [6, 6.07) is 34.2. The first kappa shape index (κ1) is 62.4. The minimum atomic E-state index is -2.37. The van der Waals surface area contributed by atoms with Crippen LogP contribution in [0.1, 0.15) is 242 Å². The number of phenolic OH excluding ortho intramolecular Hbond substituents is 1. The predicted molar refractivity (Wildman–Crippen MR) is 416 cm³/mol. The molecule has 10 bridgehead atoms. The van der Waals surface area contributed by atoms with Crippen LogP contribution in [0.4, 0.5) is 0 Å². The average molecular weight is 1400 g/mol. The maximum Gasteiger partial charge on any atom is 0.119 e. The zero-order chi connectivity index (χ0) is 76.6. The lowest BCUT2D eigenvalue weighted by Gasteiger charge is -2.58. The maximum atomic E-state index is 9.91. The molecule has 5 saturated heterocycles. The molecule has 0 unspecified atom stereocenters. The standard InChI is InChI=1S/3C18H25NO.2C17H23NO.C2H6.ClH/c3*1-19-10-9-18-8-4-3-5-15(18)17(19)11-13-6-7-14(20-2)12-16(13)18;1-19-13-6-5-12-10-16-14-4-2-3-7-17(14,8-9-18-16)15(12)11-13;1-18-9-8-17-7-3-2-4-14(17)16(18)10-12-5-6-13(19)11-15(12)17;1-2;/h3*6-7,12,15,17H,3-5,8-11H2,1-2H3;5-6,11,14,16,18H,2-4,7-10H2,1H3;5-6,11,14,16,19H,2-4,7-10H2,1H3;1-2H3;1H/t3*15-,17+,18+;2*14-,16+,17+;;/m11111../s1/i2*2D3;;1D3;;;. The van der Waals surface area contributed by atoms with Crippen molar-refractivity contribution in [1.29, 1.82) is 0 Å². The summed E-state index contributed by atoms with van der Waals surface area (Å²) in [6.45, 7) is 9.84. The Morgan fingerprint density at radius 1 is 0.366 bits per heavy atom. The Bertz CT molecular complexity index is 3930. The van der Waals surface area contributed by atoms with Gasteiger partial charge in [0.2, 0.25) is 0 Å². The molecule has 101 heavy (non-hydrogen) atoms. The summed E-state index contributed by atoms with van der Waals surface area (Å²) >= 11 is 0. The van der Waals surface area contributed by atoms with Crippen LogP contribution in [0.5, 0.6) is 28.7 Å². The van der Waals surface area contributed by atoms with Gasteiger partial charge in [-0.2, -0.15) is 0 Å². The molecule has 0 amide bonds. The molecular weight excluding hydrogens is 1270 g/mol. The number of piperidine rings is 5. The molecule has 10 aliphatic carbocycles. The van der Waals surface area contributed by atoms with Gasteiger partial charge in [0, 0.05) is 57.3 Å². The topological polar surface area (TPSA) is 82.1 Å². The summed E-state index contributed by atoms with van der Waals surface area (Å²) in [5.74, 6) is 6.80. The van der Waals surface area contributed by atoms with Crippen LogP contribution in [0, 0.1) is 29.6 Å². The monoisotopic (exact) mass is 1400 g/mol. The van der Waals surface area contributed by atoms with Crippen molar-refractivity contribution >= 4 is 12.4 Å². The Morgan fingerprint density at radius 3 is 0.980 bits per heavy atom. The van der Waals surface area contributed by atoms with Gasteiger partial charge in [-0.3, -0.25) is 0 Å². The number of nitrogens with one attached hydrogen (secondary N) is 1. The highest BCUT2D eigenvalue weighted by atomic mass is 35.5. The number of benzene rings is 5. The van der Waals surface area contributed by atoms with Crippen LogP contribution < -0.4 is 24.3 Å². The number of fused-ring (bicyclic) bond motifs is 5. The predicted octanol–water partition coefficient (Wildman–Crippen LogP) is 17.7. The van der Waals surface area contributed by atoms with E-state index < -0.39 is 21.1 Å². The fraction of sp³-hybridized carbons (Fsp3) is 0.667. The molecule has 5 heterocycles. The molecule has 5 aromatic rings. The van der Waals surface area contributed by atoms with E-state index in [1.807, 2.05) is 56.3 Å². The quantitative estimate of drug-likeness (QED) is 0.182. The molecule has 2 N–H and O–H groups in total. The van der Waals surface area contributed by atoms with Gasteiger partial charge in [-0.15, -0.1) is 12.4 Å². The number of hydrogen-bond donors (Lipinski definition) is 2. The summed E-state index contributed by atoms with van der Waals surface area (Å²) in [6.07, 6.45) is 38.4. The number of nitrogens with zero attached hydrogens (tertiary/aromatic N) is 4. The maximum absolute atomic E-state index is 9.91. The van der Waals surface area contributed by atoms with Crippen molar-refractivity contribution in [2.75, 3.05) is 89.1 Å². The van der Waals surface area contributed by atoms with Crippen molar-refractivity contribution in [3.8, 4) is 28.7 Å². The second kappa shape index (κ2) is 30.2. The van der Waals surface area contributed by atoms with Gasteiger partial charge in [0.05, 0.1) is 40.6 Å². The molecule has 550 valence electrons. The van der Waals surface area contributed by atoms with E-state index in [0.29, 0.717) is 69.7 Å². The first-order valence-corrected chi connectivity index (χ1v) is 40.2. The van der Waals surface area contributed by atoms with Crippen LogP contribution in [0.3, 0.4) is 0 Å². The summed E-state index contributed by atoms with van der Waals surface area (Å²) in [5, 5.41) is 13.6. The Morgan fingerprint density at radius 2 is 0.653 bits per heavy atom. The van der Waals surface area contributed by atoms with Crippen LogP contribution in [0.2, 0.25) is 0 Å². The first-order valence-electron chi connectivity index (χ1n) is 44.7.